The highest BCUT2D eigenvalue weighted by molar-refractivity contribution is 5.40. The number of halogens is 2. The molecule has 2 heterocycles. The molecule has 0 saturated carbocycles. The number of rotatable bonds is 3. The van der Waals surface area contributed by atoms with Gasteiger partial charge in [0.2, 0.25) is 0 Å². The van der Waals surface area contributed by atoms with E-state index in [0.29, 0.717) is 5.82 Å². The number of benzene rings is 1. The number of aromatic nitrogens is 2. The lowest BCUT2D eigenvalue weighted by molar-refractivity contribution is 0.535. The maximum absolute atomic E-state index is 14.0. The summed E-state index contributed by atoms with van der Waals surface area (Å²) in [5, 5.41) is 0. The summed E-state index contributed by atoms with van der Waals surface area (Å²) in [7, 11) is 1.39. The van der Waals surface area contributed by atoms with Crippen LogP contribution in [0.4, 0.5) is 14.6 Å². The zero-order valence-corrected chi connectivity index (χ0v) is 13.5. The summed E-state index contributed by atoms with van der Waals surface area (Å²) in [4.78, 5) is 26.5. The van der Waals surface area contributed by atoms with Gasteiger partial charge in [0, 0.05) is 37.8 Å². The minimum atomic E-state index is -0.708. The second-order valence-electron chi connectivity index (χ2n) is 6.05. The summed E-state index contributed by atoms with van der Waals surface area (Å²) in [6, 6.07) is 4.69. The molecule has 0 bridgehead atoms. The Kier molecular flexibility index (Phi) is 4.51. The van der Waals surface area contributed by atoms with E-state index in [0.717, 1.165) is 49.1 Å². The van der Waals surface area contributed by atoms with Crippen molar-refractivity contribution in [3.63, 3.8) is 0 Å². The summed E-state index contributed by atoms with van der Waals surface area (Å²) in [5.41, 5.74) is -0.696. The second-order valence-corrected chi connectivity index (χ2v) is 6.05. The minimum absolute atomic E-state index is 0.0507. The van der Waals surface area contributed by atoms with E-state index in [1.165, 1.54) is 23.7 Å². The van der Waals surface area contributed by atoms with Crippen molar-refractivity contribution in [2.24, 2.45) is 7.05 Å². The zero-order valence-electron chi connectivity index (χ0n) is 13.5. The Hall–Kier alpha value is -2.44. The fourth-order valence-corrected chi connectivity index (χ4v) is 3.01. The first-order valence-electron chi connectivity index (χ1n) is 7.97. The molecule has 2 aromatic rings. The molecule has 1 fully saturated rings. The van der Waals surface area contributed by atoms with Crippen molar-refractivity contribution in [2.45, 2.75) is 25.8 Å². The Morgan fingerprint density at radius 1 is 1.04 bits per heavy atom. The molecule has 0 radical (unpaired) electrons. The van der Waals surface area contributed by atoms with E-state index in [1.807, 2.05) is 4.90 Å². The lowest BCUT2D eigenvalue weighted by Gasteiger charge is -2.30. The van der Waals surface area contributed by atoms with E-state index < -0.39 is 22.9 Å². The number of nitrogens with zero attached hydrogens (tertiary/aromatic N) is 3. The average Bonchev–Trinajstić information content (AvgIpc) is 2.58. The maximum atomic E-state index is 14.0. The molecule has 1 aliphatic rings. The van der Waals surface area contributed by atoms with Gasteiger partial charge in [0.05, 0.1) is 6.54 Å². The Balaban J connectivity index is 2.09. The standard InChI is InChI=1S/C17H19F2N3O2/c1-20-16(23)10-15(21-7-3-2-4-8-21)22(17(20)24)11-12-5-6-13(18)9-14(12)19/h5-6,9-10H,2-4,7-8,11H2,1H3. The van der Waals surface area contributed by atoms with E-state index in [9.17, 15) is 18.4 Å². The van der Waals surface area contributed by atoms with Crippen molar-refractivity contribution >= 4 is 5.82 Å². The van der Waals surface area contributed by atoms with Crippen LogP contribution in [0.1, 0.15) is 24.8 Å². The van der Waals surface area contributed by atoms with E-state index in [2.05, 4.69) is 0 Å². The molecule has 24 heavy (non-hydrogen) atoms. The van der Waals surface area contributed by atoms with Crippen LogP contribution in [-0.4, -0.2) is 22.2 Å². The van der Waals surface area contributed by atoms with Crippen LogP contribution in [0.5, 0.6) is 0 Å². The van der Waals surface area contributed by atoms with Crippen molar-refractivity contribution in [1.29, 1.82) is 0 Å². The minimum Gasteiger partial charge on any atom is -0.358 e. The highest BCUT2D eigenvalue weighted by Crippen LogP contribution is 2.19. The largest absolute Gasteiger partial charge is 0.358 e. The van der Waals surface area contributed by atoms with Crippen molar-refractivity contribution in [3.8, 4) is 0 Å². The van der Waals surface area contributed by atoms with Crippen LogP contribution in [0, 0.1) is 11.6 Å². The zero-order chi connectivity index (χ0) is 17.3. The van der Waals surface area contributed by atoms with E-state index >= 15 is 0 Å². The fourth-order valence-electron chi connectivity index (χ4n) is 3.01. The summed E-state index contributed by atoms with van der Waals surface area (Å²) < 4.78 is 29.4. The van der Waals surface area contributed by atoms with Crippen LogP contribution >= 0.6 is 0 Å². The molecule has 1 aromatic heterocycles. The van der Waals surface area contributed by atoms with Crippen LogP contribution in [0.3, 0.4) is 0 Å². The maximum Gasteiger partial charge on any atom is 0.332 e. The third kappa shape index (κ3) is 3.11. The first kappa shape index (κ1) is 16.4. The van der Waals surface area contributed by atoms with Gasteiger partial charge in [-0.25, -0.2) is 13.6 Å². The topological polar surface area (TPSA) is 47.2 Å². The first-order chi connectivity index (χ1) is 11.5. The molecule has 0 spiro atoms. The molecule has 0 N–H and O–H groups in total. The predicted molar refractivity (Wildman–Crippen MR) is 87.5 cm³/mol. The van der Waals surface area contributed by atoms with E-state index in [1.54, 1.807) is 0 Å². The van der Waals surface area contributed by atoms with Crippen LogP contribution in [-0.2, 0) is 13.6 Å². The smallest absolute Gasteiger partial charge is 0.332 e. The summed E-state index contributed by atoms with van der Waals surface area (Å²) >= 11 is 0. The van der Waals surface area contributed by atoms with Crippen molar-refractivity contribution in [1.82, 2.24) is 9.13 Å². The number of hydrogen-bond donors (Lipinski definition) is 0. The van der Waals surface area contributed by atoms with Crippen LogP contribution < -0.4 is 16.1 Å². The van der Waals surface area contributed by atoms with Crippen molar-refractivity contribution < 1.29 is 8.78 Å². The summed E-state index contributed by atoms with van der Waals surface area (Å²) in [6.07, 6.45) is 3.07. The van der Waals surface area contributed by atoms with Crippen LogP contribution in [0.2, 0.25) is 0 Å². The molecular formula is C17H19F2N3O2. The number of anilines is 1. The van der Waals surface area contributed by atoms with Crippen molar-refractivity contribution in [3.05, 3.63) is 62.3 Å². The Morgan fingerprint density at radius 3 is 2.42 bits per heavy atom. The lowest BCUT2D eigenvalue weighted by atomic mass is 10.1. The van der Waals surface area contributed by atoms with Gasteiger partial charge in [0.15, 0.2) is 0 Å². The van der Waals surface area contributed by atoms with Gasteiger partial charge < -0.3 is 4.90 Å². The summed E-state index contributed by atoms with van der Waals surface area (Å²) in [5.74, 6) is -0.882. The van der Waals surface area contributed by atoms with E-state index in [-0.39, 0.29) is 12.1 Å². The molecule has 7 heteroatoms. The Morgan fingerprint density at radius 2 is 1.75 bits per heavy atom. The molecule has 3 rings (SSSR count). The molecule has 0 aliphatic carbocycles. The van der Waals surface area contributed by atoms with Crippen LogP contribution in [0.15, 0.2) is 33.9 Å². The quantitative estimate of drug-likeness (QED) is 0.860. The lowest BCUT2D eigenvalue weighted by Crippen LogP contribution is -2.43. The van der Waals surface area contributed by atoms with Gasteiger partial charge in [-0.2, -0.15) is 0 Å². The monoisotopic (exact) mass is 335 g/mol. The van der Waals surface area contributed by atoms with Gasteiger partial charge in [-0.05, 0) is 25.3 Å². The van der Waals surface area contributed by atoms with Gasteiger partial charge >= 0.3 is 5.69 Å². The Labute approximate surface area is 137 Å². The van der Waals surface area contributed by atoms with Gasteiger partial charge in [0.1, 0.15) is 17.5 Å². The SMILES string of the molecule is Cn1c(=O)cc(N2CCCCC2)n(Cc2ccc(F)cc2F)c1=O. The number of piperidine rings is 1. The van der Waals surface area contributed by atoms with Gasteiger partial charge in [-0.3, -0.25) is 13.9 Å². The fraction of sp³-hybridized carbons (Fsp3) is 0.412. The molecule has 1 aliphatic heterocycles. The average molecular weight is 335 g/mol. The molecule has 0 unspecified atom stereocenters. The normalized spacial score (nSPS) is 14.9. The summed E-state index contributed by atoms with van der Waals surface area (Å²) in [6.45, 7) is 1.45. The molecule has 128 valence electrons. The molecule has 0 atom stereocenters. The predicted octanol–water partition coefficient (Wildman–Crippen LogP) is 1.86. The van der Waals surface area contributed by atoms with Gasteiger partial charge in [-0.1, -0.05) is 6.07 Å². The highest BCUT2D eigenvalue weighted by atomic mass is 19.1. The third-order valence-electron chi connectivity index (χ3n) is 4.40. The molecule has 0 amide bonds. The molecular weight excluding hydrogens is 316 g/mol. The number of hydrogen-bond acceptors (Lipinski definition) is 3. The van der Waals surface area contributed by atoms with Crippen molar-refractivity contribution in [2.75, 3.05) is 18.0 Å². The third-order valence-corrected chi connectivity index (χ3v) is 4.40. The Bertz CT molecular complexity index is 867. The highest BCUT2D eigenvalue weighted by Gasteiger charge is 2.19. The molecule has 5 nitrogen and oxygen atoms in total. The van der Waals surface area contributed by atoms with Gasteiger partial charge in [0.25, 0.3) is 5.56 Å². The van der Waals surface area contributed by atoms with Crippen LogP contribution in [0.25, 0.3) is 0 Å². The molecule has 1 aromatic carbocycles. The van der Waals surface area contributed by atoms with E-state index in [4.69, 9.17) is 0 Å². The van der Waals surface area contributed by atoms with Gasteiger partial charge in [-0.15, -0.1) is 0 Å². The second kappa shape index (κ2) is 6.59. The first-order valence-corrected chi connectivity index (χ1v) is 7.97. The molecule has 1 saturated heterocycles.